The van der Waals surface area contributed by atoms with Gasteiger partial charge in [-0.05, 0) is 38.5 Å². The van der Waals surface area contributed by atoms with E-state index in [0.29, 0.717) is 13.1 Å². The summed E-state index contributed by atoms with van der Waals surface area (Å²) in [6.45, 7) is 3.86. The normalized spacial score (nSPS) is 24.3. The molecule has 0 aliphatic carbocycles. The topological polar surface area (TPSA) is 86.9 Å². The van der Waals surface area contributed by atoms with Crippen molar-refractivity contribution in [2.24, 2.45) is 11.3 Å². The molecule has 7 heteroatoms. The molecule has 1 aromatic rings. The van der Waals surface area contributed by atoms with Crippen molar-refractivity contribution in [3.8, 4) is 0 Å². The lowest BCUT2D eigenvalue weighted by Crippen LogP contribution is -2.44. The van der Waals surface area contributed by atoms with E-state index in [0.717, 1.165) is 38.0 Å². The molecule has 0 radical (unpaired) electrons. The monoisotopic (exact) mass is 333 g/mol. The second kappa shape index (κ2) is 6.49. The van der Waals surface area contributed by atoms with Crippen molar-refractivity contribution in [1.82, 2.24) is 9.80 Å². The number of rotatable bonds is 4. The molecule has 1 atom stereocenters. The lowest BCUT2D eigenvalue weighted by atomic mass is 9.71. The molecule has 0 saturated carbocycles. The summed E-state index contributed by atoms with van der Waals surface area (Å²) < 4.78 is 0. The molecule has 130 valence electrons. The van der Waals surface area contributed by atoms with Gasteiger partial charge in [0.05, 0.1) is 10.8 Å². The number of aliphatic carboxylic acids is 1. The summed E-state index contributed by atoms with van der Waals surface area (Å²) in [5, 5.41) is 20.4. The minimum absolute atomic E-state index is 0.0790. The number of piperidine rings is 1. The number of nitrogens with zero attached hydrogens (tertiary/aromatic N) is 3. The molecule has 1 aromatic carbocycles. The summed E-state index contributed by atoms with van der Waals surface area (Å²) in [4.78, 5) is 26.5. The Balaban J connectivity index is 1.71. The van der Waals surface area contributed by atoms with Crippen molar-refractivity contribution in [2.75, 3.05) is 33.2 Å². The van der Waals surface area contributed by atoms with Crippen LogP contribution in [0.5, 0.6) is 0 Å². The SMILES string of the molecule is CN1CCC2(CC1)CN(Cc1ccc([N+](=O)[O-])cc1)C[C@@H]2C(=O)O. The van der Waals surface area contributed by atoms with Crippen molar-refractivity contribution >= 4 is 11.7 Å². The first kappa shape index (κ1) is 16.9. The van der Waals surface area contributed by atoms with Gasteiger partial charge in [-0.1, -0.05) is 12.1 Å². The van der Waals surface area contributed by atoms with Crippen LogP contribution in [-0.2, 0) is 11.3 Å². The van der Waals surface area contributed by atoms with Crippen molar-refractivity contribution in [1.29, 1.82) is 0 Å². The lowest BCUT2D eigenvalue weighted by molar-refractivity contribution is -0.384. The van der Waals surface area contributed by atoms with Crippen LogP contribution >= 0.6 is 0 Å². The molecular formula is C17H23N3O4. The zero-order valence-electron chi connectivity index (χ0n) is 13.9. The van der Waals surface area contributed by atoms with E-state index < -0.39 is 10.9 Å². The number of carboxylic acids is 1. The maximum Gasteiger partial charge on any atom is 0.308 e. The highest BCUT2D eigenvalue weighted by Crippen LogP contribution is 2.45. The predicted octanol–water partition coefficient (Wildman–Crippen LogP) is 1.82. The van der Waals surface area contributed by atoms with E-state index in [-0.39, 0.29) is 17.0 Å². The minimum Gasteiger partial charge on any atom is -0.481 e. The second-order valence-corrected chi connectivity index (χ2v) is 7.15. The molecule has 3 rings (SSSR count). The fraction of sp³-hybridized carbons (Fsp3) is 0.588. The van der Waals surface area contributed by atoms with Gasteiger partial charge in [0.25, 0.3) is 5.69 Å². The van der Waals surface area contributed by atoms with Gasteiger partial charge in [0.2, 0.25) is 0 Å². The van der Waals surface area contributed by atoms with E-state index in [4.69, 9.17) is 0 Å². The van der Waals surface area contributed by atoms with E-state index in [2.05, 4.69) is 16.8 Å². The molecule has 0 aromatic heterocycles. The molecule has 2 aliphatic heterocycles. The Morgan fingerprint density at radius 1 is 1.33 bits per heavy atom. The number of carbonyl (C=O) groups is 1. The van der Waals surface area contributed by atoms with Crippen LogP contribution in [0.15, 0.2) is 24.3 Å². The highest BCUT2D eigenvalue weighted by atomic mass is 16.6. The van der Waals surface area contributed by atoms with Crippen molar-refractivity contribution in [2.45, 2.75) is 19.4 Å². The van der Waals surface area contributed by atoms with Gasteiger partial charge >= 0.3 is 5.97 Å². The largest absolute Gasteiger partial charge is 0.481 e. The van der Waals surface area contributed by atoms with Gasteiger partial charge in [-0.25, -0.2) is 0 Å². The van der Waals surface area contributed by atoms with Crippen LogP contribution in [0.1, 0.15) is 18.4 Å². The molecule has 24 heavy (non-hydrogen) atoms. The van der Waals surface area contributed by atoms with Crippen molar-refractivity contribution in [3.63, 3.8) is 0 Å². The van der Waals surface area contributed by atoms with Gasteiger partial charge < -0.3 is 10.0 Å². The van der Waals surface area contributed by atoms with Crippen LogP contribution in [0.2, 0.25) is 0 Å². The molecule has 2 fully saturated rings. The zero-order valence-corrected chi connectivity index (χ0v) is 13.9. The molecule has 1 N–H and O–H groups in total. The predicted molar refractivity (Wildman–Crippen MR) is 88.7 cm³/mol. The van der Waals surface area contributed by atoms with Crippen LogP contribution in [0, 0.1) is 21.4 Å². The van der Waals surface area contributed by atoms with Gasteiger partial charge in [-0.15, -0.1) is 0 Å². The van der Waals surface area contributed by atoms with Gasteiger partial charge in [-0.3, -0.25) is 19.8 Å². The summed E-state index contributed by atoms with van der Waals surface area (Å²) in [7, 11) is 2.08. The molecule has 0 unspecified atom stereocenters. The molecule has 2 aliphatic rings. The van der Waals surface area contributed by atoms with Gasteiger partial charge in [0, 0.05) is 37.2 Å². The molecule has 1 spiro atoms. The molecular weight excluding hydrogens is 310 g/mol. The van der Waals surface area contributed by atoms with E-state index in [1.165, 1.54) is 12.1 Å². The number of hydrogen-bond acceptors (Lipinski definition) is 5. The Labute approximate surface area is 141 Å². The van der Waals surface area contributed by atoms with Crippen molar-refractivity contribution < 1.29 is 14.8 Å². The Hall–Kier alpha value is -1.99. The van der Waals surface area contributed by atoms with Gasteiger partial charge in [-0.2, -0.15) is 0 Å². The average Bonchev–Trinajstić information content (AvgIpc) is 2.89. The summed E-state index contributed by atoms with van der Waals surface area (Å²) in [6, 6.07) is 6.53. The Bertz CT molecular complexity index is 623. The first-order valence-electron chi connectivity index (χ1n) is 8.27. The first-order valence-corrected chi connectivity index (χ1v) is 8.27. The summed E-state index contributed by atoms with van der Waals surface area (Å²) in [6.07, 6.45) is 1.83. The highest BCUT2D eigenvalue weighted by Gasteiger charge is 2.50. The number of hydrogen-bond donors (Lipinski definition) is 1. The number of nitro groups is 1. The highest BCUT2D eigenvalue weighted by molar-refractivity contribution is 5.72. The fourth-order valence-corrected chi connectivity index (χ4v) is 4.08. The standard InChI is InChI=1S/C17H23N3O4/c1-18-8-6-17(7-9-18)12-19(11-15(17)16(21)22)10-13-2-4-14(5-3-13)20(23)24/h2-5,15H,6-12H2,1H3,(H,21,22)/t15-/m1/s1. The summed E-state index contributed by atoms with van der Waals surface area (Å²) in [5.41, 5.74) is 0.921. The molecule has 7 nitrogen and oxygen atoms in total. The summed E-state index contributed by atoms with van der Waals surface area (Å²) >= 11 is 0. The van der Waals surface area contributed by atoms with Gasteiger partial charge in [0.1, 0.15) is 0 Å². The molecule has 0 amide bonds. The van der Waals surface area contributed by atoms with E-state index in [1.807, 2.05) is 0 Å². The smallest absolute Gasteiger partial charge is 0.308 e. The fourth-order valence-electron chi connectivity index (χ4n) is 4.08. The first-order chi connectivity index (χ1) is 11.4. The molecule has 2 saturated heterocycles. The maximum absolute atomic E-state index is 11.8. The number of likely N-dealkylation sites (tertiary alicyclic amines) is 2. The van der Waals surface area contributed by atoms with Crippen LogP contribution in [0.4, 0.5) is 5.69 Å². The molecule has 0 bridgehead atoms. The number of benzene rings is 1. The van der Waals surface area contributed by atoms with E-state index in [1.54, 1.807) is 12.1 Å². The van der Waals surface area contributed by atoms with Crippen molar-refractivity contribution in [3.05, 3.63) is 39.9 Å². The van der Waals surface area contributed by atoms with Crippen LogP contribution in [0.25, 0.3) is 0 Å². The maximum atomic E-state index is 11.8. The zero-order chi connectivity index (χ0) is 17.3. The third kappa shape index (κ3) is 3.27. The average molecular weight is 333 g/mol. The number of non-ortho nitro benzene ring substituents is 1. The Morgan fingerprint density at radius 2 is 1.96 bits per heavy atom. The Morgan fingerprint density at radius 3 is 2.50 bits per heavy atom. The van der Waals surface area contributed by atoms with E-state index >= 15 is 0 Å². The lowest BCUT2D eigenvalue weighted by Gasteiger charge is -2.40. The van der Waals surface area contributed by atoms with Crippen LogP contribution < -0.4 is 0 Å². The Kier molecular flexibility index (Phi) is 4.56. The van der Waals surface area contributed by atoms with Crippen LogP contribution in [0.3, 0.4) is 0 Å². The number of carboxylic acid groups (broad SMARTS) is 1. The quantitative estimate of drug-likeness (QED) is 0.668. The number of nitro benzene ring substituents is 1. The van der Waals surface area contributed by atoms with Crippen LogP contribution in [-0.4, -0.2) is 59.0 Å². The second-order valence-electron chi connectivity index (χ2n) is 7.15. The van der Waals surface area contributed by atoms with Gasteiger partial charge in [0.15, 0.2) is 0 Å². The third-order valence-corrected chi connectivity index (χ3v) is 5.55. The minimum atomic E-state index is -0.703. The summed E-state index contributed by atoms with van der Waals surface area (Å²) in [5.74, 6) is -1.03. The van der Waals surface area contributed by atoms with E-state index in [9.17, 15) is 20.0 Å². The molecule has 2 heterocycles. The third-order valence-electron chi connectivity index (χ3n) is 5.55.